The first kappa shape index (κ1) is 10.8. The predicted molar refractivity (Wildman–Crippen MR) is 74.7 cm³/mol. The number of carbonyl (C=O) groups is 1. The van der Waals surface area contributed by atoms with Crippen molar-refractivity contribution in [2.75, 3.05) is 0 Å². The topological polar surface area (TPSA) is 32.9 Å². The first-order chi connectivity index (χ1) is 8.72. The van der Waals surface area contributed by atoms with E-state index in [9.17, 15) is 4.79 Å². The Balaban J connectivity index is 1.71. The highest BCUT2D eigenvalue weighted by molar-refractivity contribution is 9.10. The molecule has 0 amide bonds. The van der Waals surface area contributed by atoms with Gasteiger partial charge in [0.05, 0.1) is 0 Å². The van der Waals surface area contributed by atoms with Crippen LogP contribution in [0.5, 0.6) is 0 Å². The molecule has 1 aromatic heterocycles. The molecule has 1 heterocycles. The second-order valence-electron chi connectivity index (χ2n) is 5.68. The third kappa shape index (κ3) is 1.57. The lowest BCUT2D eigenvalue weighted by atomic mass is 9.93. The van der Waals surface area contributed by atoms with Gasteiger partial charge in [0.25, 0.3) is 0 Å². The SMILES string of the molecule is O=C(c1c[nH]c2cc(Br)ccc12)C1CC2CC2C1. The number of hydrogen-bond donors (Lipinski definition) is 1. The summed E-state index contributed by atoms with van der Waals surface area (Å²) in [6, 6.07) is 6.05. The van der Waals surface area contributed by atoms with Crippen LogP contribution in [-0.4, -0.2) is 10.8 Å². The molecular weight excluding hydrogens is 290 g/mol. The molecule has 92 valence electrons. The van der Waals surface area contributed by atoms with Gasteiger partial charge >= 0.3 is 0 Å². The van der Waals surface area contributed by atoms with Crippen molar-refractivity contribution in [2.45, 2.75) is 19.3 Å². The predicted octanol–water partition coefficient (Wildman–Crippen LogP) is 4.16. The van der Waals surface area contributed by atoms with Crippen molar-refractivity contribution < 1.29 is 4.79 Å². The van der Waals surface area contributed by atoms with Crippen molar-refractivity contribution in [3.63, 3.8) is 0 Å². The van der Waals surface area contributed by atoms with E-state index in [1.54, 1.807) is 0 Å². The molecular formula is C15H14BrNO. The number of aromatic nitrogens is 1. The van der Waals surface area contributed by atoms with Crippen LogP contribution in [-0.2, 0) is 0 Å². The average Bonchev–Trinajstić information content (AvgIpc) is 2.81. The second kappa shape index (κ2) is 3.70. The summed E-state index contributed by atoms with van der Waals surface area (Å²) >= 11 is 3.45. The van der Waals surface area contributed by atoms with E-state index in [1.807, 2.05) is 24.4 Å². The fourth-order valence-electron chi connectivity index (χ4n) is 3.45. The molecule has 2 aromatic rings. The van der Waals surface area contributed by atoms with E-state index in [-0.39, 0.29) is 5.92 Å². The molecule has 3 heteroatoms. The minimum Gasteiger partial charge on any atom is -0.360 e. The maximum absolute atomic E-state index is 12.5. The van der Waals surface area contributed by atoms with E-state index in [4.69, 9.17) is 0 Å². The van der Waals surface area contributed by atoms with Crippen molar-refractivity contribution in [3.8, 4) is 0 Å². The van der Waals surface area contributed by atoms with Crippen molar-refractivity contribution >= 4 is 32.6 Å². The van der Waals surface area contributed by atoms with Crippen LogP contribution in [0.15, 0.2) is 28.9 Å². The molecule has 2 fully saturated rings. The van der Waals surface area contributed by atoms with Gasteiger partial charge in [0, 0.05) is 33.1 Å². The number of halogens is 1. The molecule has 0 saturated heterocycles. The lowest BCUT2D eigenvalue weighted by Crippen LogP contribution is -2.12. The monoisotopic (exact) mass is 303 g/mol. The van der Waals surface area contributed by atoms with Gasteiger partial charge in [-0.25, -0.2) is 0 Å². The number of ketones is 1. The van der Waals surface area contributed by atoms with Gasteiger partial charge in [-0.15, -0.1) is 0 Å². The highest BCUT2D eigenvalue weighted by atomic mass is 79.9. The summed E-state index contributed by atoms with van der Waals surface area (Å²) in [7, 11) is 0. The summed E-state index contributed by atoms with van der Waals surface area (Å²) in [5, 5.41) is 1.06. The van der Waals surface area contributed by atoms with E-state index in [0.29, 0.717) is 5.78 Å². The lowest BCUT2D eigenvalue weighted by Gasteiger charge is -2.09. The van der Waals surface area contributed by atoms with E-state index in [2.05, 4.69) is 20.9 Å². The first-order valence-corrected chi connectivity index (χ1v) is 7.32. The summed E-state index contributed by atoms with van der Waals surface area (Å²) in [5.41, 5.74) is 1.92. The molecule has 2 aliphatic carbocycles. The molecule has 2 aliphatic rings. The van der Waals surface area contributed by atoms with Gasteiger partial charge in [0.1, 0.15) is 0 Å². The van der Waals surface area contributed by atoms with E-state index >= 15 is 0 Å². The summed E-state index contributed by atoms with van der Waals surface area (Å²) in [6.07, 6.45) is 5.48. The van der Waals surface area contributed by atoms with Crippen molar-refractivity contribution in [1.29, 1.82) is 0 Å². The van der Waals surface area contributed by atoms with Crippen LogP contribution in [0.4, 0.5) is 0 Å². The zero-order chi connectivity index (χ0) is 12.3. The van der Waals surface area contributed by atoms with Crippen LogP contribution in [0.1, 0.15) is 29.6 Å². The largest absolute Gasteiger partial charge is 0.360 e. The van der Waals surface area contributed by atoms with Crippen LogP contribution in [0, 0.1) is 17.8 Å². The molecule has 2 unspecified atom stereocenters. The fraction of sp³-hybridized carbons (Fsp3) is 0.400. The van der Waals surface area contributed by atoms with Gasteiger partial charge in [-0.2, -0.15) is 0 Å². The number of H-pyrrole nitrogens is 1. The number of Topliss-reactive ketones (excluding diaryl/α,β-unsaturated/α-hetero) is 1. The number of nitrogens with one attached hydrogen (secondary N) is 1. The molecule has 4 rings (SSSR count). The van der Waals surface area contributed by atoms with Crippen molar-refractivity contribution in [1.82, 2.24) is 4.98 Å². The minimum atomic E-state index is 0.274. The van der Waals surface area contributed by atoms with Gasteiger partial charge in [0.2, 0.25) is 0 Å². The maximum atomic E-state index is 12.5. The Morgan fingerprint density at radius 1 is 1.22 bits per heavy atom. The third-order valence-corrected chi connectivity index (χ3v) is 5.02. The van der Waals surface area contributed by atoms with Gasteiger partial charge < -0.3 is 4.98 Å². The second-order valence-corrected chi connectivity index (χ2v) is 6.60. The smallest absolute Gasteiger partial charge is 0.168 e. The number of rotatable bonds is 2. The van der Waals surface area contributed by atoms with Crippen LogP contribution in [0.2, 0.25) is 0 Å². The molecule has 18 heavy (non-hydrogen) atoms. The number of fused-ring (bicyclic) bond motifs is 2. The van der Waals surface area contributed by atoms with Gasteiger partial charge in [-0.1, -0.05) is 22.0 Å². The molecule has 0 bridgehead atoms. The molecule has 1 aromatic carbocycles. The minimum absolute atomic E-state index is 0.274. The quantitative estimate of drug-likeness (QED) is 0.830. The summed E-state index contributed by atoms with van der Waals surface area (Å²) in [4.78, 5) is 15.7. The summed E-state index contributed by atoms with van der Waals surface area (Å²) in [5.74, 6) is 2.34. The zero-order valence-electron chi connectivity index (χ0n) is 9.95. The van der Waals surface area contributed by atoms with Crippen LogP contribution >= 0.6 is 15.9 Å². The average molecular weight is 304 g/mol. The summed E-state index contributed by atoms with van der Waals surface area (Å²) in [6.45, 7) is 0. The Bertz CT molecular complexity index is 635. The number of benzene rings is 1. The lowest BCUT2D eigenvalue weighted by molar-refractivity contribution is 0.0916. The van der Waals surface area contributed by atoms with Crippen LogP contribution in [0.3, 0.4) is 0 Å². The molecule has 2 saturated carbocycles. The van der Waals surface area contributed by atoms with Crippen molar-refractivity contribution in [3.05, 3.63) is 34.4 Å². The molecule has 0 aliphatic heterocycles. The first-order valence-electron chi connectivity index (χ1n) is 6.53. The Hall–Kier alpha value is -1.09. The molecule has 1 N–H and O–H groups in total. The van der Waals surface area contributed by atoms with E-state index in [0.717, 1.165) is 45.6 Å². The van der Waals surface area contributed by atoms with Gasteiger partial charge in [-0.05, 0) is 43.2 Å². The van der Waals surface area contributed by atoms with Gasteiger partial charge in [-0.3, -0.25) is 4.79 Å². The van der Waals surface area contributed by atoms with Gasteiger partial charge in [0.15, 0.2) is 5.78 Å². The maximum Gasteiger partial charge on any atom is 0.168 e. The molecule has 0 spiro atoms. The third-order valence-electron chi connectivity index (χ3n) is 4.52. The molecule has 0 radical (unpaired) electrons. The summed E-state index contributed by atoms with van der Waals surface area (Å²) < 4.78 is 1.04. The Morgan fingerprint density at radius 2 is 2.00 bits per heavy atom. The zero-order valence-corrected chi connectivity index (χ0v) is 11.5. The van der Waals surface area contributed by atoms with Crippen LogP contribution < -0.4 is 0 Å². The van der Waals surface area contributed by atoms with E-state index in [1.165, 1.54) is 6.42 Å². The Labute approximate surface area is 114 Å². The number of carbonyl (C=O) groups excluding carboxylic acids is 1. The highest BCUT2D eigenvalue weighted by Crippen LogP contribution is 2.55. The highest BCUT2D eigenvalue weighted by Gasteiger charge is 2.48. The normalized spacial score (nSPS) is 29.5. The Morgan fingerprint density at radius 3 is 2.78 bits per heavy atom. The molecule has 2 nitrogen and oxygen atoms in total. The fourth-order valence-corrected chi connectivity index (χ4v) is 3.81. The standard InChI is InChI=1S/C15H14BrNO/c16-11-1-2-12-13(7-17-14(12)6-11)15(18)10-4-8-3-9(8)5-10/h1-2,6-10,17H,3-5H2. The van der Waals surface area contributed by atoms with Crippen molar-refractivity contribution in [2.24, 2.45) is 17.8 Å². The number of aromatic amines is 1. The Kier molecular flexibility index (Phi) is 2.22. The number of hydrogen-bond acceptors (Lipinski definition) is 1. The van der Waals surface area contributed by atoms with Crippen LogP contribution in [0.25, 0.3) is 10.9 Å². The molecule has 2 atom stereocenters. The van der Waals surface area contributed by atoms with E-state index < -0.39 is 0 Å².